The van der Waals surface area contributed by atoms with E-state index in [-0.39, 0.29) is 0 Å². The van der Waals surface area contributed by atoms with Gasteiger partial charge in [0.2, 0.25) is 0 Å². The van der Waals surface area contributed by atoms with Crippen molar-refractivity contribution in [2.45, 2.75) is 44.6 Å². The summed E-state index contributed by atoms with van der Waals surface area (Å²) < 4.78 is 5.61. The Kier molecular flexibility index (Phi) is 8.30. The van der Waals surface area contributed by atoms with E-state index in [9.17, 15) is 0 Å². The Morgan fingerprint density at radius 1 is 1.47 bits per heavy atom. The molecule has 1 unspecified atom stereocenters. The molecule has 19 heavy (non-hydrogen) atoms. The highest BCUT2D eigenvalue weighted by molar-refractivity contribution is 5.79. The van der Waals surface area contributed by atoms with Gasteiger partial charge >= 0.3 is 0 Å². The van der Waals surface area contributed by atoms with Crippen molar-refractivity contribution in [1.29, 1.82) is 0 Å². The molecule has 0 amide bonds. The van der Waals surface area contributed by atoms with Crippen molar-refractivity contribution in [2.75, 3.05) is 33.8 Å². The second-order valence-corrected chi connectivity index (χ2v) is 5.12. The van der Waals surface area contributed by atoms with Gasteiger partial charge in [-0.05, 0) is 32.1 Å². The molecule has 1 saturated heterocycles. The first-order chi connectivity index (χ1) is 9.27. The van der Waals surface area contributed by atoms with Gasteiger partial charge in [0.1, 0.15) is 0 Å². The van der Waals surface area contributed by atoms with E-state index in [2.05, 4.69) is 28.8 Å². The minimum atomic E-state index is 0.359. The molecule has 4 nitrogen and oxygen atoms in total. The monoisotopic (exact) mass is 267 g/mol. The lowest BCUT2D eigenvalue weighted by atomic mass is 10.2. The number of guanidine groups is 1. The maximum atomic E-state index is 5.61. The molecule has 0 bridgehead atoms. The molecule has 0 spiro atoms. The molecule has 1 heterocycles. The van der Waals surface area contributed by atoms with Gasteiger partial charge in [-0.25, -0.2) is 0 Å². The fourth-order valence-electron chi connectivity index (χ4n) is 2.32. The highest BCUT2D eigenvalue weighted by Gasteiger charge is 2.16. The Labute approximate surface area is 117 Å². The fraction of sp³-hybridized carbons (Fsp3) is 0.800. The summed E-state index contributed by atoms with van der Waals surface area (Å²) >= 11 is 0. The largest absolute Gasteiger partial charge is 0.376 e. The summed E-state index contributed by atoms with van der Waals surface area (Å²) in [6, 6.07) is 0. The van der Waals surface area contributed by atoms with Crippen LogP contribution in [0.15, 0.2) is 17.6 Å². The Morgan fingerprint density at radius 2 is 2.32 bits per heavy atom. The molecule has 1 aliphatic rings. The van der Waals surface area contributed by atoms with E-state index in [1.54, 1.807) is 0 Å². The third-order valence-corrected chi connectivity index (χ3v) is 3.49. The maximum Gasteiger partial charge on any atom is 0.193 e. The number of nitrogens with one attached hydrogen (secondary N) is 1. The SMILES string of the molecule is C=CCCCCCN(C)C(=NC)NCC1CCCO1. The Hall–Kier alpha value is -1.03. The quantitative estimate of drug-likeness (QED) is 0.317. The first-order valence-corrected chi connectivity index (χ1v) is 7.42. The first-order valence-electron chi connectivity index (χ1n) is 7.42. The van der Waals surface area contributed by atoms with E-state index in [1.165, 1.54) is 25.7 Å². The molecule has 4 heteroatoms. The van der Waals surface area contributed by atoms with Crippen molar-refractivity contribution >= 4 is 5.96 Å². The van der Waals surface area contributed by atoms with Gasteiger partial charge in [0.05, 0.1) is 6.10 Å². The predicted octanol–water partition coefficient (Wildman–Crippen LogP) is 2.42. The van der Waals surface area contributed by atoms with E-state index in [4.69, 9.17) is 4.74 Å². The zero-order valence-corrected chi connectivity index (χ0v) is 12.5. The van der Waals surface area contributed by atoms with Crippen molar-refractivity contribution < 1.29 is 4.74 Å². The molecule has 0 aromatic carbocycles. The first kappa shape index (κ1) is 16.0. The molecular weight excluding hydrogens is 238 g/mol. The van der Waals surface area contributed by atoms with Crippen molar-refractivity contribution in [3.63, 3.8) is 0 Å². The molecule has 1 rings (SSSR count). The topological polar surface area (TPSA) is 36.9 Å². The fourth-order valence-corrected chi connectivity index (χ4v) is 2.32. The van der Waals surface area contributed by atoms with E-state index >= 15 is 0 Å². The summed E-state index contributed by atoms with van der Waals surface area (Å²) in [5.41, 5.74) is 0. The highest BCUT2D eigenvalue weighted by atomic mass is 16.5. The summed E-state index contributed by atoms with van der Waals surface area (Å²) in [6.07, 6.45) is 9.50. The van der Waals surface area contributed by atoms with E-state index in [0.717, 1.165) is 38.5 Å². The number of unbranched alkanes of at least 4 members (excludes halogenated alkanes) is 3. The number of ether oxygens (including phenoxy) is 1. The summed E-state index contributed by atoms with van der Waals surface area (Å²) in [6.45, 7) is 6.56. The smallest absolute Gasteiger partial charge is 0.193 e. The van der Waals surface area contributed by atoms with Crippen LogP contribution in [0.4, 0.5) is 0 Å². The summed E-state index contributed by atoms with van der Waals surface area (Å²) in [7, 11) is 3.93. The van der Waals surface area contributed by atoms with Gasteiger partial charge in [0.15, 0.2) is 5.96 Å². The van der Waals surface area contributed by atoms with Crippen molar-refractivity contribution in [3.8, 4) is 0 Å². The average Bonchev–Trinajstić information content (AvgIpc) is 2.92. The van der Waals surface area contributed by atoms with Crippen molar-refractivity contribution in [1.82, 2.24) is 10.2 Å². The Balaban J connectivity index is 2.15. The van der Waals surface area contributed by atoms with Crippen LogP contribution >= 0.6 is 0 Å². The summed E-state index contributed by atoms with van der Waals surface area (Å²) in [5, 5.41) is 3.40. The second kappa shape index (κ2) is 9.84. The molecule has 1 N–H and O–H groups in total. The Bertz CT molecular complexity index is 273. The minimum absolute atomic E-state index is 0.359. The molecule has 1 atom stereocenters. The summed E-state index contributed by atoms with van der Waals surface area (Å²) in [4.78, 5) is 6.52. The molecule has 1 fully saturated rings. The van der Waals surface area contributed by atoms with Crippen LogP contribution in [0.1, 0.15) is 38.5 Å². The molecular formula is C15H29N3O. The zero-order valence-electron chi connectivity index (χ0n) is 12.5. The molecule has 0 radical (unpaired) electrons. The van der Waals surface area contributed by atoms with Crippen LogP contribution in [0.3, 0.4) is 0 Å². The highest BCUT2D eigenvalue weighted by Crippen LogP contribution is 2.10. The lowest BCUT2D eigenvalue weighted by molar-refractivity contribution is 0.113. The normalized spacial score (nSPS) is 19.5. The van der Waals surface area contributed by atoms with Gasteiger partial charge in [0, 0.05) is 33.8 Å². The lowest BCUT2D eigenvalue weighted by Gasteiger charge is -2.23. The molecule has 1 aliphatic heterocycles. The number of hydrogen-bond donors (Lipinski definition) is 1. The molecule has 0 aliphatic carbocycles. The summed E-state index contributed by atoms with van der Waals surface area (Å²) in [5.74, 6) is 0.972. The molecule has 0 aromatic heterocycles. The lowest BCUT2D eigenvalue weighted by Crippen LogP contribution is -2.42. The number of hydrogen-bond acceptors (Lipinski definition) is 2. The number of rotatable bonds is 8. The minimum Gasteiger partial charge on any atom is -0.376 e. The predicted molar refractivity (Wildman–Crippen MR) is 81.6 cm³/mol. The standard InChI is InChI=1S/C15H29N3O/c1-4-5-6-7-8-11-18(3)15(16-2)17-13-14-10-9-12-19-14/h4,14H,1,5-13H2,2-3H3,(H,16,17). The van der Waals surface area contributed by atoms with Crippen LogP contribution in [0.2, 0.25) is 0 Å². The van der Waals surface area contributed by atoms with E-state index in [1.807, 2.05) is 13.1 Å². The van der Waals surface area contributed by atoms with E-state index < -0.39 is 0 Å². The van der Waals surface area contributed by atoms with Gasteiger partial charge in [-0.2, -0.15) is 0 Å². The molecule has 110 valence electrons. The number of aliphatic imine (C=N–C) groups is 1. The van der Waals surface area contributed by atoms with Gasteiger partial charge in [0.25, 0.3) is 0 Å². The van der Waals surface area contributed by atoms with Crippen molar-refractivity contribution in [3.05, 3.63) is 12.7 Å². The zero-order chi connectivity index (χ0) is 13.9. The van der Waals surface area contributed by atoms with Crippen LogP contribution in [-0.4, -0.2) is 50.8 Å². The Morgan fingerprint density at radius 3 is 2.95 bits per heavy atom. The third kappa shape index (κ3) is 6.62. The van der Waals surface area contributed by atoms with Crippen LogP contribution in [0, 0.1) is 0 Å². The van der Waals surface area contributed by atoms with Gasteiger partial charge in [-0.3, -0.25) is 4.99 Å². The van der Waals surface area contributed by atoms with Gasteiger partial charge in [-0.15, -0.1) is 6.58 Å². The van der Waals surface area contributed by atoms with Gasteiger partial charge in [-0.1, -0.05) is 12.5 Å². The van der Waals surface area contributed by atoms with Crippen molar-refractivity contribution in [2.24, 2.45) is 4.99 Å². The van der Waals surface area contributed by atoms with Crippen LogP contribution in [-0.2, 0) is 4.74 Å². The maximum absolute atomic E-state index is 5.61. The number of allylic oxidation sites excluding steroid dienone is 1. The molecule has 0 aromatic rings. The third-order valence-electron chi connectivity index (χ3n) is 3.49. The van der Waals surface area contributed by atoms with Gasteiger partial charge < -0.3 is 15.0 Å². The van der Waals surface area contributed by atoms with Crippen LogP contribution in [0.5, 0.6) is 0 Å². The molecule has 0 saturated carbocycles. The van der Waals surface area contributed by atoms with Crippen LogP contribution < -0.4 is 5.32 Å². The average molecular weight is 267 g/mol. The van der Waals surface area contributed by atoms with Crippen LogP contribution in [0.25, 0.3) is 0 Å². The second-order valence-electron chi connectivity index (χ2n) is 5.12. The van der Waals surface area contributed by atoms with E-state index in [0.29, 0.717) is 6.10 Å². The number of nitrogens with zero attached hydrogens (tertiary/aromatic N) is 2.